The van der Waals surface area contributed by atoms with Crippen molar-refractivity contribution in [1.29, 1.82) is 0 Å². The van der Waals surface area contributed by atoms with Gasteiger partial charge in [0.15, 0.2) is 0 Å². The van der Waals surface area contributed by atoms with Crippen LogP contribution in [0.25, 0.3) is 21.8 Å². The zero-order valence-corrected chi connectivity index (χ0v) is 13.1. The fourth-order valence-corrected chi connectivity index (χ4v) is 2.18. The molecule has 2 aromatic carbocycles. The molecule has 0 aliphatic carbocycles. The Balaban J connectivity index is 0.000000189. The smallest absolute Gasteiger partial charge is 0.256 e. The van der Waals surface area contributed by atoms with Gasteiger partial charge < -0.3 is 0 Å². The maximum Gasteiger partial charge on any atom is 1.00 e. The van der Waals surface area contributed by atoms with Gasteiger partial charge in [-0.25, -0.2) is 0 Å². The van der Waals surface area contributed by atoms with Crippen LogP contribution in [0, 0.1) is 13.0 Å². The molecule has 0 saturated heterocycles. The second-order valence-electron chi connectivity index (χ2n) is 4.76. The van der Waals surface area contributed by atoms with Crippen molar-refractivity contribution in [1.82, 2.24) is 9.97 Å². The van der Waals surface area contributed by atoms with Crippen molar-refractivity contribution < 1.29 is 17.1 Å². The van der Waals surface area contributed by atoms with Crippen LogP contribution in [0.5, 0.6) is 0 Å². The molecule has 22 heavy (non-hydrogen) atoms. The summed E-state index contributed by atoms with van der Waals surface area (Å²) in [5.41, 5.74) is 3.22. The largest absolute Gasteiger partial charge is 1.00 e. The van der Waals surface area contributed by atoms with E-state index in [1.807, 2.05) is 55.6 Å². The van der Waals surface area contributed by atoms with Crippen LogP contribution in [0.15, 0.2) is 73.1 Å². The van der Waals surface area contributed by atoms with Crippen LogP contribution in [-0.2, 0) is 17.1 Å². The van der Waals surface area contributed by atoms with Crippen LogP contribution in [0.2, 0.25) is 0 Å². The van der Waals surface area contributed by atoms with E-state index >= 15 is 0 Å². The van der Waals surface area contributed by atoms with Crippen LogP contribution in [0.4, 0.5) is 0 Å². The molecule has 0 saturated carbocycles. The standard InChI is InChI=1S/C12H8N2.C7H7.Cu/c1-3-9-5-6-11-10(4-2-7-13-11)12(9)14-8-1;1-7-5-3-2-4-6-7;/h1-8H;2-5H,1H3;/q;-1;+1. The molecular formula is C19H15CuN2. The number of aromatic nitrogens is 2. The molecule has 0 fully saturated rings. The number of rotatable bonds is 0. The van der Waals surface area contributed by atoms with Crippen LogP contribution < -0.4 is 0 Å². The summed E-state index contributed by atoms with van der Waals surface area (Å²) in [4.78, 5) is 8.66. The average Bonchev–Trinajstić information content (AvgIpc) is 2.56. The monoisotopic (exact) mass is 334 g/mol. The van der Waals surface area contributed by atoms with E-state index in [4.69, 9.17) is 0 Å². The van der Waals surface area contributed by atoms with Gasteiger partial charge in [-0.3, -0.25) is 9.97 Å². The topological polar surface area (TPSA) is 25.8 Å². The van der Waals surface area contributed by atoms with Gasteiger partial charge in [-0.05, 0) is 24.3 Å². The molecule has 0 radical (unpaired) electrons. The predicted molar refractivity (Wildman–Crippen MR) is 87.1 cm³/mol. The molecular weight excluding hydrogens is 320 g/mol. The summed E-state index contributed by atoms with van der Waals surface area (Å²) in [5, 5.41) is 2.28. The number of nitrogens with zero attached hydrogens (tertiary/aromatic N) is 2. The van der Waals surface area contributed by atoms with Crippen LogP contribution in [-0.4, -0.2) is 9.97 Å². The third-order valence-electron chi connectivity index (χ3n) is 3.22. The Kier molecular flexibility index (Phi) is 5.65. The molecule has 4 rings (SSSR count). The molecule has 0 aliphatic heterocycles. The third-order valence-corrected chi connectivity index (χ3v) is 3.22. The number of pyridine rings is 2. The minimum absolute atomic E-state index is 0. The van der Waals surface area contributed by atoms with Gasteiger partial charge in [0, 0.05) is 23.2 Å². The minimum Gasteiger partial charge on any atom is -0.256 e. The van der Waals surface area contributed by atoms with E-state index in [1.165, 1.54) is 5.56 Å². The van der Waals surface area contributed by atoms with Gasteiger partial charge in [0.2, 0.25) is 0 Å². The quantitative estimate of drug-likeness (QED) is 0.267. The van der Waals surface area contributed by atoms with Gasteiger partial charge in [0.25, 0.3) is 0 Å². The van der Waals surface area contributed by atoms with Gasteiger partial charge in [-0.1, -0.05) is 19.1 Å². The Morgan fingerprint density at radius 1 is 0.818 bits per heavy atom. The van der Waals surface area contributed by atoms with Crippen LogP contribution in [0.1, 0.15) is 5.56 Å². The van der Waals surface area contributed by atoms with Gasteiger partial charge in [0.05, 0.1) is 11.0 Å². The summed E-state index contributed by atoms with van der Waals surface area (Å²) >= 11 is 0. The van der Waals surface area contributed by atoms with Crippen molar-refractivity contribution in [2.75, 3.05) is 0 Å². The van der Waals surface area contributed by atoms with E-state index in [1.54, 1.807) is 6.20 Å². The van der Waals surface area contributed by atoms with Gasteiger partial charge in [-0.2, -0.15) is 35.9 Å². The maximum absolute atomic E-state index is 4.37. The summed E-state index contributed by atoms with van der Waals surface area (Å²) in [6.45, 7) is 2.03. The molecule has 112 valence electrons. The molecule has 2 nitrogen and oxygen atoms in total. The van der Waals surface area contributed by atoms with Gasteiger partial charge in [0.1, 0.15) is 0 Å². The van der Waals surface area contributed by atoms with Crippen molar-refractivity contribution in [3.05, 3.63) is 84.7 Å². The molecule has 0 spiro atoms. The maximum atomic E-state index is 4.37. The van der Waals surface area contributed by atoms with E-state index in [9.17, 15) is 0 Å². The van der Waals surface area contributed by atoms with Crippen molar-refractivity contribution >= 4 is 21.8 Å². The third kappa shape index (κ3) is 3.70. The number of benzene rings is 2. The summed E-state index contributed by atoms with van der Waals surface area (Å²) in [5.74, 6) is 0. The molecule has 0 N–H and O–H groups in total. The fourth-order valence-electron chi connectivity index (χ4n) is 2.18. The Bertz CT molecular complexity index is 805. The molecule has 4 aromatic rings. The second kappa shape index (κ2) is 7.69. The van der Waals surface area contributed by atoms with Crippen molar-refractivity contribution in [3.8, 4) is 0 Å². The first kappa shape index (κ1) is 16.2. The number of aryl methyl sites for hydroxylation is 1. The van der Waals surface area contributed by atoms with Gasteiger partial charge >= 0.3 is 17.1 Å². The Morgan fingerprint density at radius 2 is 1.64 bits per heavy atom. The van der Waals surface area contributed by atoms with Crippen LogP contribution >= 0.6 is 0 Å². The number of hydrogen-bond donors (Lipinski definition) is 0. The zero-order chi connectivity index (χ0) is 14.5. The molecule has 0 aliphatic rings. The summed E-state index contributed by atoms with van der Waals surface area (Å²) in [6, 6.07) is 23.0. The SMILES string of the molecule is Cc1[c-]cccc1.[Cu+].c1cnc2c(c1)ccc1ncccc12. The minimum atomic E-state index is 0. The van der Waals surface area contributed by atoms with Crippen molar-refractivity contribution in [2.45, 2.75) is 6.92 Å². The molecule has 0 amide bonds. The Morgan fingerprint density at radius 3 is 2.36 bits per heavy atom. The first-order valence-electron chi connectivity index (χ1n) is 6.86. The summed E-state index contributed by atoms with van der Waals surface area (Å²) in [6.07, 6.45) is 3.62. The van der Waals surface area contributed by atoms with Crippen molar-refractivity contribution in [3.63, 3.8) is 0 Å². The molecule has 2 heterocycles. The summed E-state index contributed by atoms with van der Waals surface area (Å²) in [7, 11) is 0. The van der Waals surface area contributed by atoms with Crippen LogP contribution in [0.3, 0.4) is 0 Å². The van der Waals surface area contributed by atoms with E-state index in [2.05, 4.69) is 34.2 Å². The van der Waals surface area contributed by atoms with E-state index in [0.29, 0.717) is 0 Å². The average molecular weight is 335 g/mol. The normalized spacial score (nSPS) is 9.68. The fraction of sp³-hybridized carbons (Fsp3) is 0.0526. The Hall–Kier alpha value is -2.22. The molecule has 0 unspecified atom stereocenters. The number of hydrogen-bond acceptors (Lipinski definition) is 2. The zero-order valence-electron chi connectivity index (χ0n) is 12.1. The van der Waals surface area contributed by atoms with E-state index in [-0.39, 0.29) is 17.1 Å². The van der Waals surface area contributed by atoms with Gasteiger partial charge in [-0.15, -0.1) is 0 Å². The molecule has 0 atom stereocenters. The summed E-state index contributed by atoms with van der Waals surface area (Å²) < 4.78 is 0. The first-order valence-corrected chi connectivity index (χ1v) is 6.86. The second-order valence-corrected chi connectivity index (χ2v) is 4.76. The molecule has 3 heteroatoms. The van der Waals surface area contributed by atoms with E-state index < -0.39 is 0 Å². The molecule has 0 bridgehead atoms. The van der Waals surface area contributed by atoms with Crippen molar-refractivity contribution in [2.24, 2.45) is 0 Å². The number of fused-ring (bicyclic) bond motifs is 3. The first-order chi connectivity index (χ1) is 10.3. The molecule has 2 aromatic heterocycles. The van der Waals surface area contributed by atoms with E-state index in [0.717, 1.165) is 21.8 Å². The predicted octanol–water partition coefficient (Wildman–Crippen LogP) is 4.58. The Labute approximate surface area is 140 Å².